The van der Waals surface area contributed by atoms with Gasteiger partial charge in [0.2, 0.25) is 0 Å². The van der Waals surface area contributed by atoms with Crippen molar-refractivity contribution >= 4 is 50.0 Å². The van der Waals surface area contributed by atoms with Crippen molar-refractivity contribution in [1.82, 2.24) is 0 Å². The van der Waals surface area contributed by atoms with E-state index in [-0.39, 0.29) is 28.7 Å². The molecule has 2 saturated heterocycles. The third kappa shape index (κ3) is 3.00. The second-order valence-electron chi connectivity index (χ2n) is 5.07. The SMILES string of the molecule is O=C(CCl)N=C1S[C@@H]2CS(=O)(=O)C[C@H]2N1c1cccc(F)c1. The fourth-order valence-corrected chi connectivity index (χ4v) is 6.62. The quantitative estimate of drug-likeness (QED) is 0.749. The van der Waals surface area contributed by atoms with Gasteiger partial charge in [-0.05, 0) is 18.2 Å². The van der Waals surface area contributed by atoms with E-state index in [4.69, 9.17) is 11.6 Å². The minimum Gasteiger partial charge on any atom is -0.315 e. The lowest BCUT2D eigenvalue weighted by Crippen LogP contribution is -2.37. The maximum Gasteiger partial charge on any atom is 0.262 e. The van der Waals surface area contributed by atoms with Gasteiger partial charge >= 0.3 is 0 Å². The highest BCUT2D eigenvalue weighted by atomic mass is 35.5. The highest BCUT2D eigenvalue weighted by molar-refractivity contribution is 8.16. The molecule has 3 rings (SSSR count). The molecular formula is C13H12ClFN2O3S2. The van der Waals surface area contributed by atoms with Gasteiger partial charge in [0.05, 0.1) is 17.5 Å². The van der Waals surface area contributed by atoms with Gasteiger partial charge in [-0.1, -0.05) is 17.8 Å². The highest BCUT2D eigenvalue weighted by Gasteiger charge is 2.49. The van der Waals surface area contributed by atoms with Gasteiger partial charge in [0, 0.05) is 10.9 Å². The van der Waals surface area contributed by atoms with E-state index in [2.05, 4.69) is 4.99 Å². The van der Waals surface area contributed by atoms with Crippen molar-refractivity contribution in [3.63, 3.8) is 0 Å². The summed E-state index contributed by atoms with van der Waals surface area (Å²) in [6, 6.07) is 5.45. The lowest BCUT2D eigenvalue weighted by molar-refractivity contribution is -0.115. The van der Waals surface area contributed by atoms with Gasteiger partial charge in [-0.3, -0.25) is 4.79 Å². The largest absolute Gasteiger partial charge is 0.315 e. The third-order valence-electron chi connectivity index (χ3n) is 3.49. The third-order valence-corrected chi connectivity index (χ3v) is 6.93. The molecule has 2 atom stereocenters. The Kier molecular flexibility index (Phi) is 4.17. The Balaban J connectivity index is 2.03. The lowest BCUT2D eigenvalue weighted by atomic mass is 10.2. The first kappa shape index (κ1) is 15.8. The summed E-state index contributed by atoms with van der Waals surface area (Å²) in [4.78, 5) is 17.1. The number of thioether (sulfide) groups is 1. The predicted molar refractivity (Wildman–Crippen MR) is 85.9 cm³/mol. The van der Waals surface area contributed by atoms with Crippen LogP contribution in [0.3, 0.4) is 0 Å². The molecule has 2 aliphatic rings. The van der Waals surface area contributed by atoms with Gasteiger partial charge in [-0.15, -0.1) is 11.6 Å². The zero-order valence-corrected chi connectivity index (χ0v) is 13.7. The molecule has 1 aromatic rings. The van der Waals surface area contributed by atoms with E-state index in [1.165, 1.54) is 30.0 Å². The summed E-state index contributed by atoms with van der Waals surface area (Å²) in [7, 11) is -3.14. The zero-order valence-electron chi connectivity index (χ0n) is 11.3. The molecule has 0 radical (unpaired) electrons. The molecule has 0 N–H and O–H groups in total. The second kappa shape index (κ2) is 5.82. The van der Waals surface area contributed by atoms with Crippen molar-refractivity contribution in [2.45, 2.75) is 11.3 Å². The topological polar surface area (TPSA) is 66.8 Å². The maximum atomic E-state index is 13.5. The number of hydrogen-bond donors (Lipinski definition) is 0. The number of aliphatic imine (C=N–C) groups is 1. The van der Waals surface area contributed by atoms with Crippen LogP contribution < -0.4 is 4.90 Å². The number of halogens is 2. The van der Waals surface area contributed by atoms with E-state index in [0.29, 0.717) is 10.9 Å². The number of sulfone groups is 1. The molecule has 0 spiro atoms. The minimum absolute atomic E-state index is 0.0300. The Labute approximate surface area is 136 Å². The summed E-state index contributed by atoms with van der Waals surface area (Å²) >= 11 is 6.71. The van der Waals surface area contributed by atoms with Crippen LogP contribution in [0, 0.1) is 5.82 Å². The molecule has 5 nitrogen and oxygen atoms in total. The number of carbonyl (C=O) groups is 1. The Hall–Kier alpha value is -1.12. The Bertz CT molecular complexity index is 753. The van der Waals surface area contributed by atoms with E-state index in [1.54, 1.807) is 11.0 Å². The van der Waals surface area contributed by atoms with Crippen molar-refractivity contribution in [1.29, 1.82) is 0 Å². The maximum absolute atomic E-state index is 13.5. The molecule has 22 heavy (non-hydrogen) atoms. The second-order valence-corrected chi connectivity index (χ2v) is 8.70. The first-order valence-electron chi connectivity index (χ1n) is 6.49. The molecule has 2 heterocycles. The van der Waals surface area contributed by atoms with E-state index in [1.807, 2.05) is 0 Å². The number of anilines is 1. The van der Waals surface area contributed by atoms with Crippen molar-refractivity contribution in [3.05, 3.63) is 30.1 Å². The molecule has 0 unspecified atom stereocenters. The first-order chi connectivity index (χ1) is 10.4. The van der Waals surface area contributed by atoms with Crippen molar-refractivity contribution in [2.24, 2.45) is 4.99 Å². The number of rotatable bonds is 2. The molecule has 0 aliphatic carbocycles. The Morgan fingerprint density at radius 1 is 1.45 bits per heavy atom. The van der Waals surface area contributed by atoms with E-state index in [0.717, 1.165) is 0 Å². The van der Waals surface area contributed by atoms with Gasteiger partial charge in [-0.25, -0.2) is 12.8 Å². The number of hydrogen-bond acceptors (Lipinski definition) is 4. The number of amidine groups is 1. The van der Waals surface area contributed by atoms with Crippen molar-refractivity contribution < 1.29 is 17.6 Å². The van der Waals surface area contributed by atoms with E-state index in [9.17, 15) is 17.6 Å². The monoisotopic (exact) mass is 362 g/mol. The first-order valence-corrected chi connectivity index (χ1v) is 9.72. The predicted octanol–water partition coefficient (Wildman–Crippen LogP) is 1.67. The van der Waals surface area contributed by atoms with Crippen molar-refractivity contribution in [3.8, 4) is 0 Å². The summed E-state index contributed by atoms with van der Waals surface area (Å²) < 4.78 is 37.2. The summed E-state index contributed by atoms with van der Waals surface area (Å²) in [5.41, 5.74) is 0.484. The summed E-state index contributed by atoms with van der Waals surface area (Å²) in [6.45, 7) is 0. The number of carbonyl (C=O) groups excluding carboxylic acids is 1. The van der Waals surface area contributed by atoms with Crippen LogP contribution in [0.25, 0.3) is 0 Å². The van der Waals surface area contributed by atoms with Gasteiger partial charge in [0.25, 0.3) is 5.91 Å². The number of alkyl halides is 1. The van der Waals surface area contributed by atoms with Crippen LogP contribution in [0.2, 0.25) is 0 Å². The standard InChI is InChI=1S/C13H12ClFN2O3S2/c14-5-12(18)16-13-17(9-3-1-2-8(15)4-9)10-6-22(19,20)7-11(10)21-13/h1-4,10-11H,5-7H2/t10-,11-/m1/s1. The lowest BCUT2D eigenvalue weighted by Gasteiger charge is -2.24. The Morgan fingerprint density at radius 2 is 2.23 bits per heavy atom. The van der Waals surface area contributed by atoms with Crippen molar-refractivity contribution in [2.75, 3.05) is 22.3 Å². The zero-order chi connectivity index (χ0) is 15.9. The molecule has 1 amide bonds. The van der Waals surface area contributed by atoms with Crippen LogP contribution in [0.4, 0.5) is 10.1 Å². The van der Waals surface area contributed by atoms with Crippen LogP contribution in [0.15, 0.2) is 29.3 Å². The van der Waals surface area contributed by atoms with Gasteiger partial charge < -0.3 is 4.90 Å². The normalized spacial score (nSPS) is 28.1. The minimum atomic E-state index is -3.14. The summed E-state index contributed by atoms with van der Waals surface area (Å²) in [6.07, 6.45) is 0. The number of fused-ring (bicyclic) bond motifs is 1. The average molecular weight is 363 g/mol. The number of nitrogens with zero attached hydrogens (tertiary/aromatic N) is 2. The van der Waals surface area contributed by atoms with Crippen LogP contribution in [-0.4, -0.2) is 48.2 Å². The number of amides is 1. The molecule has 0 aromatic heterocycles. The molecule has 1 aromatic carbocycles. The fourth-order valence-electron chi connectivity index (χ4n) is 2.63. The molecule has 2 fully saturated rings. The van der Waals surface area contributed by atoms with E-state index < -0.39 is 21.6 Å². The molecular weight excluding hydrogens is 351 g/mol. The summed E-state index contributed by atoms with van der Waals surface area (Å²) in [5.74, 6) is -1.20. The average Bonchev–Trinajstić information content (AvgIpc) is 2.89. The van der Waals surface area contributed by atoms with Gasteiger partial charge in [0.15, 0.2) is 15.0 Å². The molecule has 9 heteroatoms. The van der Waals surface area contributed by atoms with Crippen LogP contribution in [-0.2, 0) is 14.6 Å². The van der Waals surface area contributed by atoms with Gasteiger partial charge in [-0.2, -0.15) is 4.99 Å². The fraction of sp³-hybridized carbons (Fsp3) is 0.385. The van der Waals surface area contributed by atoms with Crippen LogP contribution in [0.1, 0.15) is 0 Å². The number of benzene rings is 1. The highest BCUT2D eigenvalue weighted by Crippen LogP contribution is 2.41. The van der Waals surface area contributed by atoms with Crippen LogP contribution in [0.5, 0.6) is 0 Å². The molecule has 118 valence electrons. The van der Waals surface area contributed by atoms with Gasteiger partial charge in [0.1, 0.15) is 11.7 Å². The van der Waals surface area contributed by atoms with Crippen LogP contribution >= 0.6 is 23.4 Å². The Morgan fingerprint density at radius 3 is 2.91 bits per heavy atom. The molecule has 2 aliphatic heterocycles. The summed E-state index contributed by atoms with van der Waals surface area (Å²) in [5, 5.41) is 0.163. The van der Waals surface area contributed by atoms with E-state index >= 15 is 0 Å². The molecule has 0 bridgehead atoms. The smallest absolute Gasteiger partial charge is 0.262 e. The molecule has 0 saturated carbocycles.